The van der Waals surface area contributed by atoms with Gasteiger partial charge in [-0.05, 0) is 17.7 Å². The Morgan fingerprint density at radius 2 is 1.83 bits per heavy atom. The number of nitrogens with zero attached hydrogens (tertiary/aromatic N) is 1. The summed E-state index contributed by atoms with van der Waals surface area (Å²) in [5.41, 5.74) is 0.558. The van der Waals surface area contributed by atoms with E-state index < -0.39 is 5.97 Å². The molecule has 1 aromatic rings. The number of halogens is 2. The number of hydrogen-bond acceptors (Lipinski definition) is 3. The zero-order valence-corrected chi connectivity index (χ0v) is 11.6. The number of carbonyl (C=O) groups excluding carboxylic acids is 2. The zero-order chi connectivity index (χ0) is 13.7. The first-order valence-corrected chi connectivity index (χ1v) is 5.95. The first-order chi connectivity index (χ1) is 8.45. The van der Waals surface area contributed by atoms with E-state index in [2.05, 4.69) is 4.74 Å². The van der Waals surface area contributed by atoms with Crippen LogP contribution in [0.5, 0.6) is 0 Å². The number of hydrogen-bond donors (Lipinski definition) is 0. The molecule has 1 amide bonds. The van der Waals surface area contributed by atoms with Gasteiger partial charge >= 0.3 is 5.97 Å². The summed E-state index contributed by atoms with van der Waals surface area (Å²) in [5, 5.41) is 0.865. The molecule has 0 atom stereocenters. The van der Waals surface area contributed by atoms with Gasteiger partial charge in [0.05, 0.1) is 13.5 Å². The summed E-state index contributed by atoms with van der Waals surface area (Å²) in [6.07, 6.45) is 0.0476. The Kier molecular flexibility index (Phi) is 5.44. The highest BCUT2D eigenvalue weighted by atomic mass is 35.5. The molecule has 0 unspecified atom stereocenters. The van der Waals surface area contributed by atoms with E-state index >= 15 is 0 Å². The Bertz CT molecular complexity index is 442. The third-order valence-electron chi connectivity index (χ3n) is 2.41. The lowest BCUT2D eigenvalue weighted by Gasteiger charge is -2.16. The number of methoxy groups -OCH3 is 1. The molecule has 0 saturated carbocycles. The Labute approximate surface area is 115 Å². The number of benzene rings is 1. The van der Waals surface area contributed by atoms with Crippen LogP contribution in [0.3, 0.4) is 0 Å². The zero-order valence-electron chi connectivity index (χ0n) is 10.1. The maximum absolute atomic E-state index is 11.9. The van der Waals surface area contributed by atoms with Gasteiger partial charge in [-0.3, -0.25) is 9.59 Å². The molecule has 6 heteroatoms. The molecule has 0 aliphatic rings. The van der Waals surface area contributed by atoms with Gasteiger partial charge in [0.15, 0.2) is 0 Å². The largest absolute Gasteiger partial charge is 0.468 e. The Morgan fingerprint density at radius 1 is 1.28 bits per heavy atom. The summed E-state index contributed by atoms with van der Waals surface area (Å²) in [6.45, 7) is -0.0998. The quantitative estimate of drug-likeness (QED) is 0.798. The summed E-state index contributed by atoms with van der Waals surface area (Å²) in [4.78, 5) is 24.2. The average Bonchev–Trinajstić information content (AvgIpc) is 2.33. The summed E-state index contributed by atoms with van der Waals surface area (Å²) in [7, 11) is 2.79. The molecular formula is C12H13Cl2NO3. The maximum Gasteiger partial charge on any atom is 0.325 e. The number of esters is 1. The summed E-state index contributed by atoms with van der Waals surface area (Å²) in [6, 6.07) is 5.03. The van der Waals surface area contributed by atoms with Crippen LogP contribution in [0.1, 0.15) is 5.56 Å². The van der Waals surface area contributed by atoms with Crippen molar-refractivity contribution in [2.45, 2.75) is 6.42 Å². The minimum absolute atomic E-state index is 0.0476. The van der Waals surface area contributed by atoms with Gasteiger partial charge < -0.3 is 9.64 Å². The molecular weight excluding hydrogens is 277 g/mol. The SMILES string of the molecule is COC(=O)CN(C)C(=O)Cc1c(Cl)cccc1Cl. The fraction of sp³-hybridized carbons (Fsp3) is 0.333. The van der Waals surface area contributed by atoms with Gasteiger partial charge in [0.2, 0.25) is 5.91 Å². The van der Waals surface area contributed by atoms with Crippen molar-refractivity contribution in [3.63, 3.8) is 0 Å². The van der Waals surface area contributed by atoms with Gasteiger partial charge in [-0.25, -0.2) is 0 Å². The van der Waals surface area contributed by atoms with E-state index in [4.69, 9.17) is 23.2 Å². The Morgan fingerprint density at radius 3 is 2.33 bits per heavy atom. The molecule has 98 valence electrons. The van der Waals surface area contributed by atoms with Gasteiger partial charge in [0, 0.05) is 17.1 Å². The minimum atomic E-state index is -0.476. The summed E-state index contributed by atoms with van der Waals surface area (Å²) < 4.78 is 4.48. The van der Waals surface area contributed by atoms with E-state index in [1.165, 1.54) is 19.1 Å². The Hall–Kier alpha value is -1.26. The van der Waals surface area contributed by atoms with Crippen molar-refractivity contribution >= 4 is 35.1 Å². The highest BCUT2D eigenvalue weighted by Crippen LogP contribution is 2.24. The van der Waals surface area contributed by atoms with Crippen molar-refractivity contribution in [1.82, 2.24) is 4.90 Å². The van der Waals surface area contributed by atoms with E-state index in [1.54, 1.807) is 18.2 Å². The molecule has 0 spiro atoms. The second kappa shape index (κ2) is 6.61. The summed E-state index contributed by atoms with van der Waals surface area (Å²) >= 11 is 11.9. The number of amides is 1. The van der Waals surface area contributed by atoms with Gasteiger partial charge in [-0.2, -0.15) is 0 Å². The van der Waals surface area contributed by atoms with Gasteiger partial charge in [0.25, 0.3) is 0 Å². The fourth-order valence-corrected chi connectivity index (χ4v) is 1.86. The first-order valence-electron chi connectivity index (χ1n) is 5.19. The normalized spacial score (nSPS) is 10.0. The van der Waals surface area contributed by atoms with E-state index in [9.17, 15) is 9.59 Å². The van der Waals surface area contributed by atoms with Crippen molar-refractivity contribution < 1.29 is 14.3 Å². The molecule has 0 aliphatic carbocycles. The van der Waals surface area contributed by atoms with Crippen molar-refractivity contribution in [2.24, 2.45) is 0 Å². The Balaban J connectivity index is 2.73. The second-order valence-corrected chi connectivity index (χ2v) is 4.52. The molecule has 0 heterocycles. The molecule has 1 aromatic carbocycles. The maximum atomic E-state index is 11.9. The van der Waals surface area contributed by atoms with Crippen molar-refractivity contribution in [3.8, 4) is 0 Å². The van der Waals surface area contributed by atoms with Crippen LogP contribution in [-0.4, -0.2) is 37.5 Å². The van der Waals surface area contributed by atoms with Gasteiger partial charge in [-0.1, -0.05) is 29.3 Å². The number of carbonyl (C=O) groups is 2. The van der Waals surface area contributed by atoms with Crippen molar-refractivity contribution in [3.05, 3.63) is 33.8 Å². The molecule has 0 fully saturated rings. The smallest absolute Gasteiger partial charge is 0.325 e. The van der Waals surface area contributed by atoms with Crippen LogP contribution in [-0.2, 0) is 20.7 Å². The van der Waals surface area contributed by atoms with Gasteiger partial charge in [-0.15, -0.1) is 0 Å². The predicted molar refractivity (Wildman–Crippen MR) is 69.8 cm³/mol. The number of likely N-dealkylation sites (N-methyl/N-ethyl adjacent to an activating group) is 1. The van der Waals surface area contributed by atoms with Crippen LogP contribution in [0, 0.1) is 0 Å². The molecule has 0 bridgehead atoms. The van der Waals surface area contributed by atoms with Crippen LogP contribution >= 0.6 is 23.2 Å². The predicted octanol–water partition coefficient (Wildman–Crippen LogP) is 2.17. The van der Waals surface area contributed by atoms with E-state index in [0.29, 0.717) is 15.6 Å². The van der Waals surface area contributed by atoms with Crippen LogP contribution in [0.2, 0.25) is 10.0 Å². The highest BCUT2D eigenvalue weighted by Gasteiger charge is 2.16. The number of rotatable bonds is 4. The van der Waals surface area contributed by atoms with Crippen LogP contribution in [0.25, 0.3) is 0 Å². The molecule has 0 radical (unpaired) electrons. The molecule has 4 nitrogen and oxygen atoms in total. The number of ether oxygens (including phenoxy) is 1. The molecule has 0 N–H and O–H groups in total. The van der Waals surface area contributed by atoms with Crippen molar-refractivity contribution in [2.75, 3.05) is 20.7 Å². The average molecular weight is 290 g/mol. The second-order valence-electron chi connectivity index (χ2n) is 3.70. The molecule has 0 aromatic heterocycles. The van der Waals surface area contributed by atoms with Crippen LogP contribution in [0.4, 0.5) is 0 Å². The van der Waals surface area contributed by atoms with E-state index in [0.717, 1.165) is 0 Å². The lowest BCUT2D eigenvalue weighted by molar-refractivity contribution is -0.145. The molecule has 0 aliphatic heterocycles. The standard InChI is InChI=1S/C12H13Cl2NO3/c1-15(7-12(17)18-2)11(16)6-8-9(13)4-3-5-10(8)14/h3-5H,6-7H2,1-2H3. The molecule has 18 heavy (non-hydrogen) atoms. The highest BCUT2D eigenvalue weighted by molar-refractivity contribution is 6.36. The lowest BCUT2D eigenvalue weighted by Crippen LogP contribution is -2.33. The topological polar surface area (TPSA) is 46.6 Å². The van der Waals surface area contributed by atoms with Crippen molar-refractivity contribution in [1.29, 1.82) is 0 Å². The lowest BCUT2D eigenvalue weighted by atomic mass is 10.1. The minimum Gasteiger partial charge on any atom is -0.468 e. The van der Waals surface area contributed by atoms with Crippen LogP contribution < -0.4 is 0 Å². The monoisotopic (exact) mass is 289 g/mol. The van der Waals surface area contributed by atoms with Crippen LogP contribution in [0.15, 0.2) is 18.2 Å². The first kappa shape index (κ1) is 14.8. The van der Waals surface area contributed by atoms with E-state index in [1.807, 2.05) is 0 Å². The molecule has 0 saturated heterocycles. The van der Waals surface area contributed by atoms with Gasteiger partial charge in [0.1, 0.15) is 6.54 Å². The van der Waals surface area contributed by atoms with E-state index in [-0.39, 0.29) is 18.9 Å². The third kappa shape index (κ3) is 3.89. The fourth-order valence-electron chi connectivity index (χ4n) is 1.33. The third-order valence-corrected chi connectivity index (χ3v) is 3.12. The summed E-state index contributed by atoms with van der Waals surface area (Å²) in [5.74, 6) is -0.730. The molecule has 1 rings (SSSR count).